The van der Waals surface area contributed by atoms with Crippen LogP contribution in [0.1, 0.15) is 20.3 Å². The fraction of sp³-hybridized carbons (Fsp3) is 0.438. The number of hydrogen-bond acceptors (Lipinski definition) is 7. The second kappa shape index (κ2) is 7.20. The van der Waals surface area contributed by atoms with Crippen LogP contribution in [0.25, 0.3) is 10.9 Å². The summed E-state index contributed by atoms with van der Waals surface area (Å²) in [5, 5.41) is 12.8. The molecule has 8 heteroatoms. The van der Waals surface area contributed by atoms with Crippen LogP contribution in [0.3, 0.4) is 0 Å². The lowest BCUT2D eigenvalue weighted by Crippen LogP contribution is -2.36. The van der Waals surface area contributed by atoms with E-state index in [1.807, 2.05) is 13.8 Å². The molecule has 0 aliphatic heterocycles. The molecule has 24 heavy (non-hydrogen) atoms. The van der Waals surface area contributed by atoms with Crippen molar-refractivity contribution >= 4 is 28.6 Å². The first-order chi connectivity index (χ1) is 11.4. The van der Waals surface area contributed by atoms with Gasteiger partial charge < -0.3 is 25.6 Å². The number of fused-ring (bicyclic) bond motifs is 1. The highest BCUT2D eigenvalue weighted by Crippen LogP contribution is 2.33. The Kier molecular flexibility index (Phi) is 5.28. The van der Waals surface area contributed by atoms with Gasteiger partial charge in [-0.2, -0.15) is 4.98 Å². The van der Waals surface area contributed by atoms with Crippen LogP contribution < -0.4 is 20.5 Å². The molecule has 1 aromatic heterocycles. The van der Waals surface area contributed by atoms with E-state index in [2.05, 4.69) is 15.3 Å². The van der Waals surface area contributed by atoms with Gasteiger partial charge in [-0.1, -0.05) is 20.3 Å². The van der Waals surface area contributed by atoms with Crippen molar-refractivity contribution in [1.29, 1.82) is 0 Å². The molecule has 130 valence electrons. The lowest BCUT2D eigenvalue weighted by atomic mass is 9.99. The Morgan fingerprint density at radius 1 is 1.29 bits per heavy atom. The summed E-state index contributed by atoms with van der Waals surface area (Å²) in [4.78, 5) is 20.0. The predicted molar refractivity (Wildman–Crippen MR) is 91.6 cm³/mol. The van der Waals surface area contributed by atoms with E-state index in [1.165, 1.54) is 14.2 Å². The number of carbonyl (C=O) groups is 1. The van der Waals surface area contributed by atoms with Gasteiger partial charge >= 0.3 is 5.97 Å². The number of nitrogens with one attached hydrogen (secondary N) is 1. The van der Waals surface area contributed by atoms with Crippen molar-refractivity contribution in [2.45, 2.75) is 26.3 Å². The molecule has 0 fully saturated rings. The third-order valence-electron chi connectivity index (χ3n) is 3.99. The van der Waals surface area contributed by atoms with Gasteiger partial charge in [0.25, 0.3) is 0 Å². The maximum absolute atomic E-state index is 11.5. The number of rotatable bonds is 7. The number of carboxylic acids is 1. The second-order valence-electron chi connectivity index (χ2n) is 5.50. The summed E-state index contributed by atoms with van der Waals surface area (Å²) in [5.41, 5.74) is 6.54. The van der Waals surface area contributed by atoms with Crippen molar-refractivity contribution in [3.63, 3.8) is 0 Å². The van der Waals surface area contributed by atoms with Gasteiger partial charge in [0.1, 0.15) is 11.9 Å². The Morgan fingerprint density at radius 2 is 1.92 bits per heavy atom. The first-order valence-corrected chi connectivity index (χ1v) is 7.59. The number of anilines is 2. The third kappa shape index (κ3) is 3.42. The van der Waals surface area contributed by atoms with E-state index in [4.69, 9.17) is 15.2 Å². The molecule has 0 saturated heterocycles. The number of nitrogens with zero attached hydrogens (tertiary/aromatic N) is 2. The lowest BCUT2D eigenvalue weighted by molar-refractivity contribution is -0.139. The molecule has 4 N–H and O–H groups in total. The number of aliphatic carboxylic acids is 1. The molecule has 1 heterocycles. The van der Waals surface area contributed by atoms with Crippen molar-refractivity contribution < 1.29 is 19.4 Å². The normalized spacial score (nSPS) is 13.3. The first-order valence-electron chi connectivity index (χ1n) is 7.59. The van der Waals surface area contributed by atoms with E-state index < -0.39 is 12.0 Å². The molecular weight excluding hydrogens is 312 g/mol. The number of aromatic nitrogens is 2. The van der Waals surface area contributed by atoms with Gasteiger partial charge in [0.2, 0.25) is 5.95 Å². The largest absolute Gasteiger partial charge is 0.493 e. The monoisotopic (exact) mass is 334 g/mol. The zero-order valence-electron chi connectivity index (χ0n) is 14.2. The molecule has 2 aromatic rings. The summed E-state index contributed by atoms with van der Waals surface area (Å²) in [6.45, 7) is 3.78. The van der Waals surface area contributed by atoms with Crippen molar-refractivity contribution in [2.75, 3.05) is 25.3 Å². The Hall–Kier alpha value is -2.77. The minimum Gasteiger partial charge on any atom is -0.493 e. The van der Waals surface area contributed by atoms with Crippen molar-refractivity contribution in [3.8, 4) is 11.5 Å². The smallest absolute Gasteiger partial charge is 0.326 e. The third-order valence-corrected chi connectivity index (χ3v) is 3.99. The predicted octanol–water partition coefficient (Wildman–Crippen LogP) is 2.14. The van der Waals surface area contributed by atoms with Crippen LogP contribution in [0, 0.1) is 5.92 Å². The Labute approximate surface area is 140 Å². The van der Waals surface area contributed by atoms with E-state index in [-0.39, 0.29) is 17.7 Å². The Morgan fingerprint density at radius 3 is 2.46 bits per heavy atom. The van der Waals surface area contributed by atoms with E-state index in [0.29, 0.717) is 28.8 Å². The molecule has 0 spiro atoms. The zero-order chi connectivity index (χ0) is 17.9. The Balaban J connectivity index is 2.47. The van der Waals surface area contributed by atoms with Crippen LogP contribution in [-0.4, -0.2) is 41.3 Å². The number of ether oxygens (including phenoxy) is 2. The van der Waals surface area contributed by atoms with Crippen LogP contribution in [0.5, 0.6) is 11.5 Å². The topological polar surface area (TPSA) is 120 Å². The van der Waals surface area contributed by atoms with Gasteiger partial charge in [0, 0.05) is 11.5 Å². The second-order valence-corrected chi connectivity index (χ2v) is 5.50. The molecule has 0 amide bonds. The number of carboxylic acid groups (broad SMARTS) is 1. The first kappa shape index (κ1) is 17.6. The molecular formula is C16H22N4O4. The van der Waals surface area contributed by atoms with E-state index in [9.17, 15) is 9.90 Å². The number of methoxy groups -OCH3 is 2. The van der Waals surface area contributed by atoms with E-state index >= 15 is 0 Å². The maximum Gasteiger partial charge on any atom is 0.326 e. The SMILES string of the molecule is CC[C@H](C)[C@H](Nc1nc(N)c2cc(OC)c(OC)cc2n1)C(=O)O. The molecule has 8 nitrogen and oxygen atoms in total. The van der Waals surface area contributed by atoms with E-state index in [1.54, 1.807) is 12.1 Å². The summed E-state index contributed by atoms with van der Waals surface area (Å²) in [5.74, 6) is 0.374. The fourth-order valence-electron chi connectivity index (χ4n) is 2.37. The number of hydrogen-bond donors (Lipinski definition) is 3. The molecule has 0 radical (unpaired) electrons. The van der Waals surface area contributed by atoms with Crippen molar-refractivity contribution in [1.82, 2.24) is 9.97 Å². The molecule has 0 aliphatic carbocycles. The van der Waals surface area contributed by atoms with Gasteiger partial charge in [0.15, 0.2) is 11.5 Å². The van der Waals surface area contributed by atoms with E-state index in [0.717, 1.165) is 0 Å². The molecule has 0 bridgehead atoms. The van der Waals surface area contributed by atoms with Crippen molar-refractivity contribution in [3.05, 3.63) is 12.1 Å². The molecule has 0 saturated carbocycles. The summed E-state index contributed by atoms with van der Waals surface area (Å²) >= 11 is 0. The van der Waals surface area contributed by atoms with Crippen LogP contribution in [0.15, 0.2) is 12.1 Å². The lowest BCUT2D eigenvalue weighted by Gasteiger charge is -2.20. The van der Waals surface area contributed by atoms with Crippen LogP contribution in [-0.2, 0) is 4.79 Å². The van der Waals surface area contributed by atoms with Gasteiger partial charge in [-0.3, -0.25) is 0 Å². The molecule has 2 rings (SSSR count). The zero-order valence-corrected chi connectivity index (χ0v) is 14.2. The minimum atomic E-state index is -0.959. The van der Waals surface area contributed by atoms with Crippen LogP contribution in [0.2, 0.25) is 0 Å². The van der Waals surface area contributed by atoms with Gasteiger partial charge in [-0.25, -0.2) is 9.78 Å². The minimum absolute atomic E-state index is 0.0894. The highest BCUT2D eigenvalue weighted by Gasteiger charge is 2.24. The number of nitrogens with two attached hydrogens (primary N) is 1. The standard InChI is InChI=1S/C16H22N4O4/c1-5-8(2)13(15(21)22)19-16-18-10-7-12(24-4)11(23-3)6-9(10)14(17)20-16/h6-8,13H,5H2,1-4H3,(H,21,22)(H3,17,18,19,20)/t8-,13-/m0/s1. The fourth-order valence-corrected chi connectivity index (χ4v) is 2.37. The highest BCUT2D eigenvalue weighted by atomic mass is 16.5. The van der Waals surface area contributed by atoms with Crippen LogP contribution in [0.4, 0.5) is 11.8 Å². The van der Waals surface area contributed by atoms with Crippen molar-refractivity contribution in [2.24, 2.45) is 5.92 Å². The van der Waals surface area contributed by atoms with Gasteiger partial charge in [-0.05, 0) is 12.0 Å². The molecule has 0 unspecified atom stereocenters. The maximum atomic E-state index is 11.5. The summed E-state index contributed by atoms with van der Waals surface area (Å²) in [6, 6.07) is 2.57. The quantitative estimate of drug-likeness (QED) is 0.704. The summed E-state index contributed by atoms with van der Waals surface area (Å²) < 4.78 is 10.5. The molecule has 2 atom stereocenters. The highest BCUT2D eigenvalue weighted by molar-refractivity contribution is 5.92. The molecule has 0 aliphatic rings. The number of benzene rings is 1. The summed E-state index contributed by atoms with van der Waals surface area (Å²) in [7, 11) is 3.05. The average Bonchev–Trinajstić information content (AvgIpc) is 2.57. The van der Waals surface area contributed by atoms with Gasteiger partial charge in [0.05, 0.1) is 19.7 Å². The summed E-state index contributed by atoms with van der Waals surface area (Å²) in [6.07, 6.45) is 0.706. The van der Waals surface area contributed by atoms with Crippen LogP contribution >= 0.6 is 0 Å². The average molecular weight is 334 g/mol. The molecule has 1 aromatic carbocycles. The number of nitrogen functional groups attached to an aromatic ring is 1. The van der Waals surface area contributed by atoms with Gasteiger partial charge in [-0.15, -0.1) is 0 Å². The Bertz CT molecular complexity index is 750.